The molecule has 0 spiro atoms. The highest BCUT2D eigenvalue weighted by atomic mass is 35.5. The fourth-order valence-electron chi connectivity index (χ4n) is 1.65. The van der Waals surface area contributed by atoms with Gasteiger partial charge in [-0.25, -0.2) is 0 Å². The van der Waals surface area contributed by atoms with Crippen LogP contribution in [0.15, 0.2) is 36.6 Å². The topological polar surface area (TPSA) is 38.2 Å². The highest BCUT2D eigenvalue weighted by Gasteiger charge is 2.22. The van der Waals surface area contributed by atoms with E-state index in [2.05, 4.69) is 10.2 Å². The maximum Gasteiger partial charge on any atom is 0.242 e. The maximum atomic E-state index is 5.96. The van der Waals surface area contributed by atoms with E-state index >= 15 is 0 Å². The molecule has 6 heteroatoms. The molecule has 0 saturated carbocycles. The molecular weight excluding hydrogens is 270 g/mol. The van der Waals surface area contributed by atoms with E-state index in [1.165, 1.54) is 11.3 Å². The normalized spacial score (nSPS) is 18.1. The van der Waals surface area contributed by atoms with Crippen molar-refractivity contribution >= 4 is 28.1 Å². The summed E-state index contributed by atoms with van der Waals surface area (Å²) in [7, 11) is 0. The number of hydrogen-bond donors (Lipinski definition) is 0. The molecule has 0 aliphatic carbocycles. The lowest BCUT2D eigenvalue weighted by Crippen LogP contribution is -2.25. The first-order valence-corrected chi connectivity index (χ1v) is 6.65. The second-order valence-electron chi connectivity index (χ2n) is 3.90. The van der Waals surface area contributed by atoms with Gasteiger partial charge in [0, 0.05) is 10.6 Å². The van der Waals surface area contributed by atoms with Crippen molar-refractivity contribution in [1.82, 2.24) is 10.2 Å². The predicted octanol–water partition coefficient (Wildman–Crippen LogP) is 3.51. The molecule has 0 N–H and O–H groups in total. The molecule has 1 aromatic heterocycles. The Morgan fingerprint density at radius 3 is 3.00 bits per heavy atom. The number of nitrogens with zero attached hydrogens (tertiary/aromatic N) is 3. The second kappa shape index (κ2) is 4.59. The number of hydroxylamine groups is 1. The van der Waals surface area contributed by atoms with Crippen LogP contribution in [-0.2, 0) is 4.84 Å². The summed E-state index contributed by atoms with van der Waals surface area (Å²) in [6.45, 7) is 2.03. The minimum atomic E-state index is 0.171. The smallest absolute Gasteiger partial charge is 0.242 e. The van der Waals surface area contributed by atoms with Crippen LogP contribution < -0.4 is 5.06 Å². The van der Waals surface area contributed by atoms with Crippen LogP contribution in [0.3, 0.4) is 0 Å². The van der Waals surface area contributed by atoms with Crippen LogP contribution >= 0.6 is 22.9 Å². The number of hydrogen-bond acceptors (Lipinski definition) is 5. The summed E-state index contributed by atoms with van der Waals surface area (Å²) in [5.74, 6) is 0. The van der Waals surface area contributed by atoms with Crippen molar-refractivity contribution in [2.45, 2.75) is 13.0 Å². The Balaban J connectivity index is 1.90. The molecule has 0 radical (unpaired) electrons. The lowest BCUT2D eigenvalue weighted by atomic mass is 10.2. The Kier molecular flexibility index (Phi) is 2.93. The van der Waals surface area contributed by atoms with Crippen LogP contribution in [0.5, 0.6) is 0 Å². The first-order valence-electron chi connectivity index (χ1n) is 5.46. The van der Waals surface area contributed by atoms with Gasteiger partial charge in [0.2, 0.25) is 5.13 Å². The zero-order valence-electron chi connectivity index (χ0n) is 9.58. The summed E-state index contributed by atoms with van der Waals surface area (Å²) in [5, 5.41) is 12.3. The molecule has 0 amide bonds. The van der Waals surface area contributed by atoms with Gasteiger partial charge in [0.05, 0.1) is 6.04 Å². The van der Waals surface area contributed by atoms with Crippen molar-refractivity contribution in [3.63, 3.8) is 0 Å². The van der Waals surface area contributed by atoms with Crippen molar-refractivity contribution in [2.24, 2.45) is 0 Å². The summed E-state index contributed by atoms with van der Waals surface area (Å²) >= 11 is 7.44. The fourth-order valence-corrected chi connectivity index (χ4v) is 2.72. The van der Waals surface area contributed by atoms with Gasteiger partial charge in [0.1, 0.15) is 11.3 Å². The Bertz CT molecular complexity index is 599. The van der Waals surface area contributed by atoms with Gasteiger partial charge in [-0.05, 0) is 25.1 Å². The summed E-state index contributed by atoms with van der Waals surface area (Å²) in [4.78, 5) is 5.36. The van der Waals surface area contributed by atoms with Gasteiger partial charge in [0.25, 0.3) is 0 Å². The number of benzene rings is 1. The quantitative estimate of drug-likeness (QED) is 0.843. The van der Waals surface area contributed by atoms with Gasteiger partial charge in [-0.15, -0.1) is 10.2 Å². The molecule has 2 aromatic rings. The van der Waals surface area contributed by atoms with Gasteiger partial charge < -0.3 is 4.84 Å². The molecule has 2 heterocycles. The maximum absolute atomic E-state index is 5.96. The Morgan fingerprint density at radius 1 is 1.39 bits per heavy atom. The van der Waals surface area contributed by atoms with Crippen molar-refractivity contribution in [1.29, 1.82) is 0 Å². The third-order valence-electron chi connectivity index (χ3n) is 2.58. The highest BCUT2D eigenvalue weighted by Crippen LogP contribution is 2.32. The van der Waals surface area contributed by atoms with Gasteiger partial charge in [-0.3, -0.25) is 0 Å². The van der Waals surface area contributed by atoms with Gasteiger partial charge in [-0.2, -0.15) is 5.06 Å². The Morgan fingerprint density at radius 2 is 2.28 bits per heavy atom. The third kappa shape index (κ3) is 2.07. The number of aromatic nitrogens is 2. The average molecular weight is 280 g/mol. The first kappa shape index (κ1) is 11.5. The Labute approximate surface area is 113 Å². The largest absolute Gasteiger partial charge is 0.385 e. The molecule has 4 nitrogen and oxygen atoms in total. The minimum absolute atomic E-state index is 0.171. The summed E-state index contributed by atoms with van der Waals surface area (Å²) in [6, 6.07) is 7.74. The predicted molar refractivity (Wildman–Crippen MR) is 72.5 cm³/mol. The third-order valence-corrected chi connectivity index (χ3v) is 3.77. The van der Waals surface area contributed by atoms with Crippen LogP contribution in [0.2, 0.25) is 5.02 Å². The van der Waals surface area contributed by atoms with E-state index in [9.17, 15) is 0 Å². The van der Waals surface area contributed by atoms with Crippen LogP contribution in [0, 0.1) is 0 Å². The SMILES string of the molecule is CC1C=CON1c1nnc(-c2cccc(Cl)c2)s1. The standard InChI is InChI=1S/C12H10ClN3OS/c1-8-5-6-17-16(8)12-15-14-11(18-12)9-3-2-4-10(13)7-9/h2-8H,1H3. The van der Waals surface area contributed by atoms with E-state index in [0.29, 0.717) is 5.02 Å². The molecule has 1 aliphatic heterocycles. The average Bonchev–Trinajstić information content (AvgIpc) is 2.97. The van der Waals surface area contributed by atoms with Gasteiger partial charge in [0.15, 0.2) is 0 Å². The fraction of sp³-hybridized carbons (Fsp3) is 0.167. The van der Waals surface area contributed by atoms with Crippen molar-refractivity contribution < 1.29 is 4.84 Å². The van der Waals surface area contributed by atoms with E-state index < -0.39 is 0 Å². The second-order valence-corrected chi connectivity index (χ2v) is 5.29. The van der Waals surface area contributed by atoms with E-state index in [1.54, 1.807) is 11.3 Å². The molecular formula is C12H10ClN3OS. The van der Waals surface area contributed by atoms with Crippen molar-refractivity contribution in [3.8, 4) is 10.6 Å². The monoisotopic (exact) mass is 279 g/mol. The summed E-state index contributed by atoms with van der Waals surface area (Å²) in [6.07, 6.45) is 3.62. The molecule has 3 rings (SSSR count). The molecule has 1 unspecified atom stereocenters. The molecule has 18 heavy (non-hydrogen) atoms. The van der Waals surface area contributed by atoms with Gasteiger partial charge >= 0.3 is 0 Å². The molecule has 0 bridgehead atoms. The zero-order chi connectivity index (χ0) is 12.5. The molecule has 0 saturated heterocycles. The number of halogens is 1. The zero-order valence-corrected chi connectivity index (χ0v) is 11.1. The molecule has 1 atom stereocenters. The molecule has 1 aliphatic rings. The molecule has 92 valence electrons. The van der Waals surface area contributed by atoms with Crippen molar-refractivity contribution in [2.75, 3.05) is 5.06 Å². The number of anilines is 1. The highest BCUT2D eigenvalue weighted by molar-refractivity contribution is 7.18. The molecule has 0 fully saturated rings. The lowest BCUT2D eigenvalue weighted by molar-refractivity contribution is 0.227. The van der Waals surface area contributed by atoms with Crippen molar-refractivity contribution in [3.05, 3.63) is 41.6 Å². The Hall–Kier alpha value is -1.59. The van der Waals surface area contributed by atoms with E-state index in [-0.39, 0.29) is 6.04 Å². The van der Waals surface area contributed by atoms with Crippen LogP contribution in [0.1, 0.15) is 6.92 Å². The summed E-state index contributed by atoms with van der Waals surface area (Å²) < 4.78 is 0. The number of rotatable bonds is 2. The van der Waals surface area contributed by atoms with Crippen LogP contribution in [-0.4, -0.2) is 16.2 Å². The van der Waals surface area contributed by atoms with Crippen LogP contribution in [0.4, 0.5) is 5.13 Å². The lowest BCUT2D eigenvalue weighted by Gasteiger charge is -2.16. The summed E-state index contributed by atoms with van der Waals surface area (Å²) in [5.41, 5.74) is 0.964. The van der Waals surface area contributed by atoms with E-state index in [4.69, 9.17) is 16.4 Å². The van der Waals surface area contributed by atoms with Crippen LogP contribution in [0.25, 0.3) is 10.6 Å². The molecule has 1 aromatic carbocycles. The van der Waals surface area contributed by atoms with E-state index in [1.807, 2.05) is 37.3 Å². The minimum Gasteiger partial charge on any atom is -0.385 e. The first-order chi connectivity index (χ1) is 8.74. The van der Waals surface area contributed by atoms with E-state index in [0.717, 1.165) is 15.7 Å². The van der Waals surface area contributed by atoms with Gasteiger partial charge in [-0.1, -0.05) is 35.1 Å².